The molecule has 1 aromatic heterocycles. The molecule has 10 heteroatoms. The third-order valence-corrected chi connectivity index (χ3v) is 4.70. The molecule has 0 atom stereocenters. The Morgan fingerprint density at radius 2 is 2.11 bits per heavy atom. The molecule has 1 fully saturated rings. The van der Waals surface area contributed by atoms with Crippen LogP contribution in [-0.4, -0.2) is 28.7 Å². The molecule has 0 unspecified atom stereocenters. The number of aromatic nitrogens is 2. The van der Waals surface area contributed by atoms with Crippen molar-refractivity contribution in [3.05, 3.63) is 35.5 Å². The molecule has 142 valence electrons. The molecular weight excluding hydrogens is 360 g/mol. The van der Waals surface area contributed by atoms with Gasteiger partial charge in [-0.05, 0) is 35.5 Å². The number of alkyl halides is 3. The molecular formula is C17H18BF3N4O2. The van der Waals surface area contributed by atoms with E-state index in [0.29, 0.717) is 23.6 Å². The predicted molar refractivity (Wildman–Crippen MR) is 95.0 cm³/mol. The molecule has 4 rings (SSSR count). The van der Waals surface area contributed by atoms with Gasteiger partial charge in [-0.2, -0.15) is 18.2 Å². The van der Waals surface area contributed by atoms with Gasteiger partial charge in [0.2, 0.25) is 5.95 Å². The quantitative estimate of drug-likeness (QED) is 0.671. The zero-order valence-electron chi connectivity index (χ0n) is 14.4. The maximum atomic E-state index is 13.2. The third-order valence-electron chi connectivity index (χ3n) is 4.70. The third kappa shape index (κ3) is 4.17. The summed E-state index contributed by atoms with van der Waals surface area (Å²) in [6.45, 7) is 0.714. The van der Waals surface area contributed by atoms with E-state index >= 15 is 0 Å². The lowest BCUT2D eigenvalue weighted by Gasteiger charge is -2.15. The first-order valence-electron chi connectivity index (χ1n) is 8.78. The lowest BCUT2D eigenvalue weighted by atomic mass is 9.79. The van der Waals surface area contributed by atoms with Crippen LogP contribution in [-0.2, 0) is 17.4 Å². The Morgan fingerprint density at radius 1 is 1.30 bits per heavy atom. The Balaban J connectivity index is 1.53. The Labute approximate surface area is 154 Å². The fourth-order valence-corrected chi connectivity index (χ4v) is 3.02. The zero-order chi connectivity index (χ0) is 19.0. The molecule has 1 aromatic carbocycles. The van der Waals surface area contributed by atoms with Gasteiger partial charge in [-0.25, -0.2) is 4.98 Å². The molecule has 0 amide bonds. The van der Waals surface area contributed by atoms with E-state index in [1.807, 2.05) is 0 Å². The second-order valence-corrected chi connectivity index (χ2v) is 6.81. The van der Waals surface area contributed by atoms with E-state index in [-0.39, 0.29) is 18.4 Å². The van der Waals surface area contributed by atoms with Gasteiger partial charge in [0.05, 0.1) is 6.61 Å². The van der Waals surface area contributed by atoms with E-state index in [1.165, 1.54) is 0 Å². The van der Waals surface area contributed by atoms with E-state index < -0.39 is 18.9 Å². The Bertz CT molecular complexity index is 845. The van der Waals surface area contributed by atoms with Crippen molar-refractivity contribution in [1.82, 2.24) is 9.97 Å². The minimum absolute atomic E-state index is 0.0661. The number of halogens is 3. The first-order chi connectivity index (χ1) is 12.9. The van der Waals surface area contributed by atoms with E-state index in [4.69, 9.17) is 4.65 Å². The highest BCUT2D eigenvalue weighted by Crippen LogP contribution is 2.35. The van der Waals surface area contributed by atoms with Crippen molar-refractivity contribution in [3.63, 3.8) is 0 Å². The van der Waals surface area contributed by atoms with Crippen LogP contribution < -0.4 is 16.1 Å². The predicted octanol–water partition coefficient (Wildman–Crippen LogP) is 2.67. The minimum atomic E-state index is -4.53. The van der Waals surface area contributed by atoms with Gasteiger partial charge < -0.3 is 20.3 Å². The van der Waals surface area contributed by atoms with Gasteiger partial charge in [0, 0.05) is 18.4 Å². The first kappa shape index (κ1) is 18.1. The summed E-state index contributed by atoms with van der Waals surface area (Å²) in [5.41, 5.74) is 1.21. The number of fused-ring (bicyclic) bond motifs is 1. The van der Waals surface area contributed by atoms with Gasteiger partial charge in [-0.1, -0.05) is 18.9 Å². The van der Waals surface area contributed by atoms with Crippen LogP contribution in [0.2, 0.25) is 0 Å². The van der Waals surface area contributed by atoms with Crippen LogP contribution in [0.1, 0.15) is 30.4 Å². The summed E-state index contributed by atoms with van der Waals surface area (Å²) in [7, 11) is -0.946. The lowest BCUT2D eigenvalue weighted by molar-refractivity contribution is -0.137. The highest BCUT2D eigenvalue weighted by Gasteiger charge is 2.35. The van der Waals surface area contributed by atoms with Gasteiger partial charge in [0.25, 0.3) is 0 Å². The SMILES string of the molecule is OB1OCc2cc(Nc3ncc(C(F)(F)F)c(NCCC4CC4)n3)ccc21. The molecule has 2 aliphatic rings. The van der Waals surface area contributed by atoms with Crippen molar-refractivity contribution in [3.8, 4) is 0 Å². The topological polar surface area (TPSA) is 79.3 Å². The van der Waals surface area contributed by atoms with Crippen LogP contribution in [0.3, 0.4) is 0 Å². The number of nitrogens with one attached hydrogen (secondary N) is 2. The second-order valence-electron chi connectivity index (χ2n) is 6.81. The molecule has 2 aromatic rings. The summed E-state index contributed by atoms with van der Waals surface area (Å²) in [6.07, 6.45) is -0.629. The Kier molecular flexibility index (Phi) is 4.69. The summed E-state index contributed by atoms with van der Waals surface area (Å²) in [5.74, 6) is 0.451. The van der Waals surface area contributed by atoms with Gasteiger partial charge in [-0.15, -0.1) is 0 Å². The summed E-state index contributed by atoms with van der Waals surface area (Å²) in [6, 6.07) is 5.15. The fraction of sp³-hybridized carbons (Fsp3) is 0.412. The van der Waals surface area contributed by atoms with Crippen LogP contribution in [0, 0.1) is 5.92 Å². The first-order valence-corrected chi connectivity index (χ1v) is 8.78. The van der Waals surface area contributed by atoms with Crippen LogP contribution in [0.5, 0.6) is 0 Å². The number of nitrogens with zero attached hydrogens (tertiary/aromatic N) is 2. The average molecular weight is 378 g/mol. The summed E-state index contributed by atoms with van der Waals surface area (Å²) in [5, 5.41) is 15.4. The molecule has 2 heterocycles. The minimum Gasteiger partial charge on any atom is -0.423 e. The van der Waals surface area contributed by atoms with Crippen molar-refractivity contribution in [2.45, 2.75) is 32.0 Å². The van der Waals surface area contributed by atoms with Crippen LogP contribution in [0.15, 0.2) is 24.4 Å². The monoisotopic (exact) mass is 378 g/mol. The van der Waals surface area contributed by atoms with Gasteiger partial charge in [0.15, 0.2) is 0 Å². The number of rotatable bonds is 6. The lowest BCUT2D eigenvalue weighted by Crippen LogP contribution is -2.27. The van der Waals surface area contributed by atoms with Gasteiger partial charge in [-0.3, -0.25) is 0 Å². The Hall–Kier alpha value is -2.33. The number of hydrogen-bond donors (Lipinski definition) is 3. The van der Waals surface area contributed by atoms with Crippen molar-refractivity contribution >= 4 is 30.0 Å². The highest BCUT2D eigenvalue weighted by atomic mass is 19.4. The molecule has 27 heavy (non-hydrogen) atoms. The molecule has 0 spiro atoms. The van der Waals surface area contributed by atoms with Gasteiger partial charge >= 0.3 is 13.3 Å². The average Bonchev–Trinajstić information content (AvgIpc) is 3.36. The standard InChI is InChI=1S/C17H18BF3N4O2/c19-17(20,21)13-8-23-16(25-15(13)22-6-5-10-1-2-10)24-12-3-4-14-11(7-12)9-27-18(14)26/h3-4,7-8,10,26H,1-2,5-6,9H2,(H2,22,23,24,25). The van der Waals surface area contributed by atoms with Crippen molar-refractivity contribution < 1.29 is 22.8 Å². The van der Waals surface area contributed by atoms with Crippen molar-refractivity contribution in [2.24, 2.45) is 5.92 Å². The Morgan fingerprint density at radius 3 is 2.85 bits per heavy atom. The molecule has 0 bridgehead atoms. The molecule has 0 radical (unpaired) electrons. The van der Waals surface area contributed by atoms with Crippen LogP contribution in [0.25, 0.3) is 0 Å². The number of anilines is 3. The largest absolute Gasteiger partial charge is 0.491 e. The molecule has 6 nitrogen and oxygen atoms in total. The molecule has 3 N–H and O–H groups in total. The second kappa shape index (κ2) is 7.01. The number of hydrogen-bond acceptors (Lipinski definition) is 6. The van der Waals surface area contributed by atoms with E-state index in [9.17, 15) is 18.2 Å². The molecule has 1 aliphatic carbocycles. The zero-order valence-corrected chi connectivity index (χ0v) is 14.4. The van der Waals surface area contributed by atoms with Crippen molar-refractivity contribution in [1.29, 1.82) is 0 Å². The van der Waals surface area contributed by atoms with Gasteiger partial charge in [0.1, 0.15) is 11.4 Å². The summed E-state index contributed by atoms with van der Waals surface area (Å²) >= 11 is 0. The maximum Gasteiger partial charge on any atom is 0.491 e. The molecule has 0 saturated heterocycles. The smallest absolute Gasteiger partial charge is 0.423 e. The molecule has 1 saturated carbocycles. The normalized spacial score (nSPS) is 16.4. The van der Waals surface area contributed by atoms with Crippen LogP contribution >= 0.6 is 0 Å². The summed E-state index contributed by atoms with van der Waals surface area (Å²) in [4.78, 5) is 7.83. The van der Waals surface area contributed by atoms with E-state index in [0.717, 1.165) is 31.0 Å². The molecule has 1 aliphatic heterocycles. The van der Waals surface area contributed by atoms with Crippen molar-refractivity contribution in [2.75, 3.05) is 17.2 Å². The number of benzene rings is 1. The van der Waals surface area contributed by atoms with E-state index in [2.05, 4.69) is 20.6 Å². The van der Waals surface area contributed by atoms with Crippen LogP contribution in [0.4, 0.5) is 30.6 Å². The summed E-state index contributed by atoms with van der Waals surface area (Å²) < 4.78 is 44.8. The maximum absolute atomic E-state index is 13.2. The highest BCUT2D eigenvalue weighted by molar-refractivity contribution is 6.61. The fourth-order valence-electron chi connectivity index (χ4n) is 3.02. The van der Waals surface area contributed by atoms with E-state index in [1.54, 1.807) is 18.2 Å².